The molecule has 0 radical (unpaired) electrons. The number of hydrogen-bond acceptors (Lipinski definition) is 6. The molecule has 43 heavy (non-hydrogen) atoms. The second-order valence-corrected chi connectivity index (χ2v) is 10.5. The SMILES string of the molecule is Cc1ccc(C(=O)Nc2ccc(CN3CCN(C)CC3)c(C(F)(F)F)c2)cc1C#Cc1ccc(Nc2ccccc2)nn1. The third kappa shape index (κ3) is 7.97. The number of nitrogens with zero attached hydrogens (tertiary/aromatic N) is 4. The zero-order valence-corrected chi connectivity index (χ0v) is 23.9. The lowest BCUT2D eigenvalue weighted by Gasteiger charge is -2.33. The van der Waals surface area contributed by atoms with Crippen LogP contribution < -0.4 is 10.6 Å². The van der Waals surface area contributed by atoms with E-state index in [0.717, 1.165) is 30.4 Å². The fourth-order valence-corrected chi connectivity index (χ4v) is 4.67. The van der Waals surface area contributed by atoms with Gasteiger partial charge in [-0.3, -0.25) is 9.69 Å². The van der Waals surface area contributed by atoms with Crippen LogP contribution in [-0.2, 0) is 12.7 Å². The van der Waals surface area contributed by atoms with Crippen molar-refractivity contribution in [2.45, 2.75) is 19.6 Å². The van der Waals surface area contributed by atoms with Crippen molar-refractivity contribution in [2.75, 3.05) is 43.9 Å². The van der Waals surface area contributed by atoms with E-state index in [1.54, 1.807) is 30.3 Å². The number of alkyl halides is 3. The quantitative estimate of drug-likeness (QED) is 0.273. The molecule has 1 aliphatic rings. The summed E-state index contributed by atoms with van der Waals surface area (Å²) in [4.78, 5) is 17.2. The molecule has 0 unspecified atom stereocenters. The maximum Gasteiger partial charge on any atom is 0.416 e. The molecule has 0 spiro atoms. The Bertz CT molecular complexity index is 1640. The Kier molecular flexibility index (Phi) is 9.04. The predicted octanol–water partition coefficient (Wildman–Crippen LogP) is 5.95. The molecule has 5 rings (SSSR count). The van der Waals surface area contributed by atoms with Crippen LogP contribution in [-0.4, -0.2) is 59.1 Å². The van der Waals surface area contributed by atoms with E-state index in [-0.39, 0.29) is 23.4 Å². The number of rotatable bonds is 6. The summed E-state index contributed by atoms with van der Waals surface area (Å²) in [5, 5.41) is 14.1. The highest BCUT2D eigenvalue weighted by Crippen LogP contribution is 2.34. The van der Waals surface area contributed by atoms with Gasteiger partial charge < -0.3 is 15.5 Å². The Balaban J connectivity index is 1.28. The second-order valence-electron chi connectivity index (χ2n) is 10.5. The molecule has 3 aromatic carbocycles. The van der Waals surface area contributed by atoms with Crippen LogP contribution in [0.1, 0.15) is 38.3 Å². The van der Waals surface area contributed by atoms with Gasteiger partial charge in [-0.25, -0.2) is 0 Å². The van der Waals surface area contributed by atoms with Gasteiger partial charge in [-0.1, -0.05) is 36.3 Å². The molecular formula is C33H31F3N6O. The number of benzene rings is 3. The molecule has 0 saturated carbocycles. The molecule has 7 nitrogen and oxygen atoms in total. The molecule has 2 N–H and O–H groups in total. The number of likely N-dealkylation sites (N-methyl/N-ethyl adjacent to an activating group) is 1. The number of aryl methyl sites for hydroxylation is 1. The fourth-order valence-electron chi connectivity index (χ4n) is 4.67. The van der Waals surface area contributed by atoms with Crippen LogP contribution in [0.2, 0.25) is 0 Å². The number of halogens is 3. The van der Waals surface area contributed by atoms with E-state index in [1.165, 1.54) is 12.1 Å². The monoisotopic (exact) mass is 584 g/mol. The lowest BCUT2D eigenvalue weighted by molar-refractivity contribution is -0.138. The summed E-state index contributed by atoms with van der Waals surface area (Å²) in [6, 6.07) is 22.0. The van der Waals surface area contributed by atoms with Gasteiger partial charge in [-0.2, -0.15) is 13.2 Å². The molecule has 1 fully saturated rings. The molecule has 10 heteroatoms. The van der Waals surface area contributed by atoms with Gasteiger partial charge in [0, 0.05) is 55.2 Å². The molecular weight excluding hydrogens is 553 g/mol. The second kappa shape index (κ2) is 13.1. The summed E-state index contributed by atoms with van der Waals surface area (Å²) in [5.74, 6) is 6.03. The molecule has 1 saturated heterocycles. The Labute approximate surface area is 248 Å². The van der Waals surface area contributed by atoms with Gasteiger partial charge >= 0.3 is 6.18 Å². The number of amides is 1. The first-order valence-electron chi connectivity index (χ1n) is 13.8. The van der Waals surface area contributed by atoms with Gasteiger partial charge in [0.25, 0.3) is 5.91 Å². The molecule has 0 atom stereocenters. The Morgan fingerprint density at radius 1 is 0.884 bits per heavy atom. The summed E-state index contributed by atoms with van der Waals surface area (Å²) in [6.07, 6.45) is -4.55. The largest absolute Gasteiger partial charge is 0.416 e. The highest BCUT2D eigenvalue weighted by atomic mass is 19.4. The van der Waals surface area contributed by atoms with Crippen LogP contribution in [0.4, 0.5) is 30.4 Å². The fraction of sp³-hybridized carbons (Fsp3) is 0.242. The molecule has 1 aliphatic heterocycles. The molecule has 1 amide bonds. The van der Waals surface area contributed by atoms with Crippen molar-refractivity contribution < 1.29 is 18.0 Å². The van der Waals surface area contributed by atoms with Gasteiger partial charge in [0.1, 0.15) is 5.69 Å². The number of carbonyl (C=O) groups excluding carboxylic acids is 1. The Morgan fingerprint density at radius 2 is 1.65 bits per heavy atom. The average molecular weight is 585 g/mol. The molecule has 0 aliphatic carbocycles. The predicted molar refractivity (Wildman–Crippen MR) is 161 cm³/mol. The molecule has 1 aromatic heterocycles. The third-order valence-corrected chi connectivity index (χ3v) is 7.20. The van der Waals surface area contributed by atoms with Gasteiger partial charge in [0.15, 0.2) is 5.82 Å². The zero-order valence-electron chi connectivity index (χ0n) is 23.9. The van der Waals surface area contributed by atoms with E-state index in [9.17, 15) is 18.0 Å². The maximum absolute atomic E-state index is 14.0. The summed E-state index contributed by atoms with van der Waals surface area (Å²) >= 11 is 0. The van der Waals surface area contributed by atoms with Gasteiger partial charge in [-0.05, 0) is 79.5 Å². The Morgan fingerprint density at radius 3 is 2.35 bits per heavy atom. The number of carbonyl (C=O) groups is 1. The van der Waals surface area contributed by atoms with E-state index < -0.39 is 17.6 Å². The summed E-state index contributed by atoms with van der Waals surface area (Å²) in [6.45, 7) is 5.09. The maximum atomic E-state index is 14.0. The highest BCUT2D eigenvalue weighted by molar-refractivity contribution is 6.04. The van der Waals surface area contributed by atoms with E-state index in [2.05, 4.69) is 37.6 Å². The van der Waals surface area contributed by atoms with Crippen molar-refractivity contribution in [3.05, 3.63) is 112 Å². The summed E-state index contributed by atoms with van der Waals surface area (Å²) < 4.78 is 41.9. The van der Waals surface area contributed by atoms with Crippen molar-refractivity contribution in [3.63, 3.8) is 0 Å². The van der Waals surface area contributed by atoms with Crippen LogP contribution in [0.3, 0.4) is 0 Å². The Hall–Kier alpha value is -4.72. The first kappa shape index (κ1) is 29.8. The number of nitrogens with one attached hydrogen (secondary N) is 2. The van der Waals surface area contributed by atoms with E-state index in [0.29, 0.717) is 30.2 Å². The number of para-hydroxylation sites is 1. The van der Waals surface area contributed by atoms with Crippen molar-refractivity contribution in [2.24, 2.45) is 0 Å². The third-order valence-electron chi connectivity index (χ3n) is 7.20. The van der Waals surface area contributed by atoms with Crippen LogP contribution in [0, 0.1) is 18.8 Å². The first-order valence-corrected chi connectivity index (χ1v) is 13.8. The summed E-state index contributed by atoms with van der Waals surface area (Å²) in [5.41, 5.74) is 2.57. The van der Waals surface area contributed by atoms with Crippen molar-refractivity contribution in [3.8, 4) is 11.8 Å². The minimum atomic E-state index is -4.55. The van der Waals surface area contributed by atoms with E-state index in [1.807, 2.05) is 49.2 Å². The topological polar surface area (TPSA) is 73.4 Å². The molecule has 0 bridgehead atoms. The standard InChI is InChI=1S/C33H31F3N6O/c1-23-8-9-25(20-24(23)10-12-28-14-15-31(40-39-28)37-27-6-4-3-5-7-27)32(43)38-29-13-11-26(30(21-29)33(34,35)36)22-42-18-16-41(2)17-19-42/h3-9,11,13-15,20-21H,16-19,22H2,1-2H3,(H,37,40)(H,38,43). The lowest BCUT2D eigenvalue weighted by atomic mass is 10.0. The van der Waals surface area contributed by atoms with Crippen LogP contribution >= 0.6 is 0 Å². The van der Waals surface area contributed by atoms with Crippen LogP contribution in [0.15, 0.2) is 78.9 Å². The first-order chi connectivity index (χ1) is 20.6. The number of piperazine rings is 1. The van der Waals surface area contributed by atoms with Gasteiger partial charge in [0.2, 0.25) is 0 Å². The minimum absolute atomic E-state index is 0.0761. The average Bonchev–Trinajstić information content (AvgIpc) is 2.99. The van der Waals surface area contributed by atoms with Crippen molar-refractivity contribution in [1.29, 1.82) is 0 Å². The van der Waals surface area contributed by atoms with Crippen molar-refractivity contribution >= 4 is 23.1 Å². The zero-order chi connectivity index (χ0) is 30.4. The van der Waals surface area contributed by atoms with E-state index in [4.69, 9.17) is 0 Å². The normalized spacial score (nSPS) is 14.1. The number of aromatic nitrogens is 2. The number of anilines is 3. The van der Waals surface area contributed by atoms with Crippen LogP contribution in [0.5, 0.6) is 0 Å². The van der Waals surface area contributed by atoms with E-state index >= 15 is 0 Å². The van der Waals surface area contributed by atoms with Gasteiger partial charge in [0.05, 0.1) is 5.56 Å². The van der Waals surface area contributed by atoms with Crippen LogP contribution in [0.25, 0.3) is 0 Å². The molecule has 220 valence electrons. The lowest BCUT2D eigenvalue weighted by Crippen LogP contribution is -2.44. The smallest absolute Gasteiger partial charge is 0.339 e. The number of hydrogen-bond donors (Lipinski definition) is 2. The van der Waals surface area contributed by atoms with Crippen molar-refractivity contribution in [1.82, 2.24) is 20.0 Å². The minimum Gasteiger partial charge on any atom is -0.339 e. The highest BCUT2D eigenvalue weighted by Gasteiger charge is 2.34. The summed E-state index contributed by atoms with van der Waals surface area (Å²) in [7, 11) is 2.00. The van der Waals surface area contributed by atoms with Gasteiger partial charge in [-0.15, -0.1) is 10.2 Å². The molecule has 2 heterocycles. The molecule has 4 aromatic rings.